The number of benzene rings is 2. The standard InChI is InChI=1S/C15H12Cl2N6O/c16-12-4-3-11(14(17)7-12)9-24-13-5-1-10(2-6-13)8-19-23-15(18)20-21-22-23/h1-8H,9H2,(H2,18,20,22)/b19-8-. The Kier molecular flexibility index (Phi) is 4.93. The first kappa shape index (κ1) is 16.2. The van der Waals surface area contributed by atoms with Gasteiger partial charge in [-0.05, 0) is 52.4 Å². The van der Waals surface area contributed by atoms with E-state index in [9.17, 15) is 0 Å². The molecule has 122 valence electrons. The molecule has 0 unspecified atom stereocenters. The lowest BCUT2D eigenvalue weighted by atomic mass is 10.2. The molecule has 9 heteroatoms. The molecule has 2 N–H and O–H groups in total. The van der Waals surface area contributed by atoms with Gasteiger partial charge >= 0.3 is 0 Å². The van der Waals surface area contributed by atoms with Crippen LogP contribution in [-0.2, 0) is 6.61 Å². The zero-order valence-electron chi connectivity index (χ0n) is 12.3. The second-order valence-electron chi connectivity index (χ2n) is 4.76. The van der Waals surface area contributed by atoms with Crippen molar-refractivity contribution in [2.45, 2.75) is 6.61 Å². The van der Waals surface area contributed by atoms with Gasteiger partial charge in [-0.15, -0.1) is 0 Å². The third kappa shape index (κ3) is 4.01. The summed E-state index contributed by atoms with van der Waals surface area (Å²) in [7, 11) is 0. The SMILES string of the molecule is Nc1nnnn1/N=C\c1ccc(OCc2ccc(Cl)cc2Cl)cc1. The molecule has 1 aromatic heterocycles. The minimum absolute atomic E-state index is 0.117. The third-order valence-corrected chi connectivity index (χ3v) is 3.67. The predicted octanol–water partition coefficient (Wildman–Crippen LogP) is 3.02. The minimum atomic E-state index is 0.117. The highest BCUT2D eigenvalue weighted by molar-refractivity contribution is 6.35. The van der Waals surface area contributed by atoms with E-state index in [1.54, 1.807) is 18.3 Å². The fourth-order valence-electron chi connectivity index (χ4n) is 1.84. The molecule has 0 spiro atoms. The average molecular weight is 363 g/mol. The summed E-state index contributed by atoms with van der Waals surface area (Å²) in [5.41, 5.74) is 7.23. The van der Waals surface area contributed by atoms with Crippen LogP contribution in [0.25, 0.3) is 0 Å². The number of nitrogens with zero attached hydrogens (tertiary/aromatic N) is 5. The van der Waals surface area contributed by atoms with Crippen LogP contribution in [0.4, 0.5) is 5.95 Å². The second-order valence-corrected chi connectivity index (χ2v) is 5.61. The molecule has 0 radical (unpaired) electrons. The Bertz CT molecular complexity index is 863. The van der Waals surface area contributed by atoms with Gasteiger partial charge in [0.2, 0.25) is 0 Å². The second kappa shape index (κ2) is 7.29. The summed E-state index contributed by atoms with van der Waals surface area (Å²) in [4.78, 5) is 1.13. The first-order valence-electron chi connectivity index (χ1n) is 6.87. The van der Waals surface area contributed by atoms with E-state index in [2.05, 4.69) is 20.6 Å². The highest BCUT2D eigenvalue weighted by atomic mass is 35.5. The van der Waals surface area contributed by atoms with E-state index in [-0.39, 0.29) is 5.95 Å². The maximum atomic E-state index is 6.11. The normalized spacial score (nSPS) is 11.1. The lowest BCUT2D eigenvalue weighted by molar-refractivity contribution is 0.306. The third-order valence-electron chi connectivity index (χ3n) is 3.08. The van der Waals surface area contributed by atoms with E-state index in [0.29, 0.717) is 22.4 Å². The molecule has 0 atom stereocenters. The Morgan fingerprint density at radius 1 is 1.17 bits per heavy atom. The highest BCUT2D eigenvalue weighted by Crippen LogP contribution is 2.22. The zero-order chi connectivity index (χ0) is 16.9. The monoisotopic (exact) mass is 362 g/mol. The van der Waals surface area contributed by atoms with Crippen LogP contribution in [0, 0.1) is 0 Å². The Balaban J connectivity index is 1.62. The smallest absolute Gasteiger partial charge is 0.263 e. The molecule has 2 aromatic carbocycles. The molecule has 3 aromatic rings. The van der Waals surface area contributed by atoms with E-state index >= 15 is 0 Å². The van der Waals surface area contributed by atoms with Crippen LogP contribution in [0.1, 0.15) is 11.1 Å². The van der Waals surface area contributed by atoms with Gasteiger partial charge in [-0.3, -0.25) is 0 Å². The van der Waals surface area contributed by atoms with Crippen LogP contribution in [0.2, 0.25) is 10.0 Å². The highest BCUT2D eigenvalue weighted by Gasteiger charge is 2.03. The molecule has 1 heterocycles. The van der Waals surface area contributed by atoms with Gasteiger partial charge in [0.15, 0.2) is 0 Å². The van der Waals surface area contributed by atoms with Gasteiger partial charge in [-0.25, -0.2) is 0 Å². The molecule has 0 aliphatic rings. The van der Waals surface area contributed by atoms with Crippen LogP contribution in [0.15, 0.2) is 47.6 Å². The number of aromatic nitrogens is 4. The fraction of sp³-hybridized carbons (Fsp3) is 0.0667. The Hall–Kier alpha value is -2.64. The molecule has 0 bridgehead atoms. The summed E-state index contributed by atoms with van der Waals surface area (Å²) in [5.74, 6) is 0.825. The van der Waals surface area contributed by atoms with E-state index in [1.165, 1.54) is 0 Å². The van der Waals surface area contributed by atoms with Crippen molar-refractivity contribution in [3.8, 4) is 5.75 Å². The van der Waals surface area contributed by atoms with Crippen LogP contribution >= 0.6 is 23.2 Å². The lowest BCUT2D eigenvalue weighted by Gasteiger charge is -2.08. The Morgan fingerprint density at radius 3 is 2.62 bits per heavy atom. The summed E-state index contributed by atoms with van der Waals surface area (Å²) >= 11 is 12.0. The average Bonchev–Trinajstić information content (AvgIpc) is 2.98. The quantitative estimate of drug-likeness (QED) is 0.704. The number of hydrogen-bond acceptors (Lipinski definition) is 6. The number of hydrogen-bond donors (Lipinski definition) is 1. The molecule has 0 saturated heterocycles. The molecule has 24 heavy (non-hydrogen) atoms. The maximum absolute atomic E-state index is 6.11. The van der Waals surface area contributed by atoms with Gasteiger partial charge in [0.1, 0.15) is 12.4 Å². The molecule has 0 amide bonds. The first-order chi connectivity index (χ1) is 11.6. The number of rotatable bonds is 5. The van der Waals surface area contributed by atoms with Gasteiger partial charge in [0.05, 0.1) is 6.21 Å². The fourth-order valence-corrected chi connectivity index (χ4v) is 2.31. The molecule has 0 aliphatic heterocycles. The molecular formula is C15H12Cl2N6O. The predicted molar refractivity (Wildman–Crippen MR) is 92.5 cm³/mol. The van der Waals surface area contributed by atoms with E-state index < -0.39 is 0 Å². The van der Waals surface area contributed by atoms with E-state index in [1.807, 2.05) is 30.3 Å². The largest absolute Gasteiger partial charge is 0.489 e. The molecule has 0 fully saturated rings. The summed E-state index contributed by atoms with van der Waals surface area (Å²) in [6.07, 6.45) is 1.59. The summed E-state index contributed by atoms with van der Waals surface area (Å²) in [6, 6.07) is 12.7. The van der Waals surface area contributed by atoms with Gasteiger partial charge in [0, 0.05) is 15.6 Å². The Morgan fingerprint density at radius 2 is 1.96 bits per heavy atom. The number of halogens is 2. The van der Waals surface area contributed by atoms with Crippen molar-refractivity contribution in [3.05, 3.63) is 63.6 Å². The van der Waals surface area contributed by atoms with Crippen molar-refractivity contribution >= 4 is 35.4 Å². The van der Waals surface area contributed by atoms with Crippen molar-refractivity contribution in [3.63, 3.8) is 0 Å². The van der Waals surface area contributed by atoms with Crippen molar-refractivity contribution < 1.29 is 4.74 Å². The van der Waals surface area contributed by atoms with Gasteiger partial charge in [-0.2, -0.15) is 5.10 Å². The number of anilines is 1. The van der Waals surface area contributed by atoms with Crippen LogP contribution in [-0.4, -0.2) is 26.5 Å². The van der Waals surface area contributed by atoms with Crippen LogP contribution in [0.3, 0.4) is 0 Å². The van der Waals surface area contributed by atoms with Crippen molar-refractivity contribution in [2.75, 3.05) is 5.73 Å². The van der Waals surface area contributed by atoms with Crippen molar-refractivity contribution in [2.24, 2.45) is 5.10 Å². The lowest BCUT2D eigenvalue weighted by Crippen LogP contribution is -1.99. The number of tetrazole rings is 1. The summed E-state index contributed by atoms with van der Waals surface area (Å²) < 4.78 is 5.71. The first-order valence-corrected chi connectivity index (χ1v) is 7.62. The summed E-state index contributed by atoms with van der Waals surface area (Å²) in [6.45, 7) is 0.352. The number of nitrogens with two attached hydrogens (primary N) is 1. The molecule has 0 aliphatic carbocycles. The van der Waals surface area contributed by atoms with Gasteiger partial charge in [0.25, 0.3) is 5.95 Å². The zero-order valence-corrected chi connectivity index (χ0v) is 13.8. The molecular weight excluding hydrogens is 351 g/mol. The number of ether oxygens (including phenoxy) is 1. The van der Waals surface area contributed by atoms with Crippen molar-refractivity contribution in [1.82, 2.24) is 20.3 Å². The van der Waals surface area contributed by atoms with Crippen molar-refractivity contribution in [1.29, 1.82) is 0 Å². The number of nitrogen functional groups attached to an aromatic ring is 1. The van der Waals surface area contributed by atoms with E-state index in [4.69, 9.17) is 33.7 Å². The topological polar surface area (TPSA) is 91.2 Å². The summed E-state index contributed by atoms with van der Waals surface area (Å²) in [5, 5.41) is 15.8. The Labute approximate surface area is 147 Å². The molecule has 0 saturated carbocycles. The van der Waals surface area contributed by atoms with Gasteiger partial charge in [-0.1, -0.05) is 39.2 Å². The van der Waals surface area contributed by atoms with Crippen LogP contribution in [0.5, 0.6) is 5.75 Å². The molecule has 3 rings (SSSR count). The van der Waals surface area contributed by atoms with Gasteiger partial charge < -0.3 is 10.5 Å². The molecule has 7 nitrogen and oxygen atoms in total. The van der Waals surface area contributed by atoms with Crippen LogP contribution < -0.4 is 10.5 Å². The minimum Gasteiger partial charge on any atom is -0.489 e. The van der Waals surface area contributed by atoms with E-state index in [0.717, 1.165) is 15.9 Å². The maximum Gasteiger partial charge on any atom is 0.263 e.